The highest BCUT2D eigenvalue weighted by Crippen LogP contribution is 2.30. The molecule has 0 spiro atoms. The van der Waals surface area contributed by atoms with Gasteiger partial charge in [-0.2, -0.15) is 9.61 Å². The molecule has 98 valence electrons. The van der Waals surface area contributed by atoms with E-state index in [2.05, 4.69) is 29.1 Å². The molecular weight excluding hydrogens is 282 g/mol. The first kappa shape index (κ1) is 12.4. The molecule has 0 fully saturated rings. The standard InChI is InChI=1S/C12H12ClN5S/c1-6(2)10-15-16-12-18(10)17-11(19-12)7-3-4-9(14)8(13)5-7/h3-6H,14H2,1-2H3. The fourth-order valence-electron chi connectivity index (χ4n) is 1.77. The van der Waals surface area contributed by atoms with Crippen molar-refractivity contribution < 1.29 is 0 Å². The molecule has 0 saturated heterocycles. The van der Waals surface area contributed by atoms with Crippen LogP contribution in [-0.4, -0.2) is 19.8 Å². The maximum Gasteiger partial charge on any atom is 0.234 e. The number of nitrogens with two attached hydrogens (primary N) is 1. The predicted molar refractivity (Wildman–Crippen MR) is 77.6 cm³/mol. The summed E-state index contributed by atoms with van der Waals surface area (Å²) < 4.78 is 1.79. The monoisotopic (exact) mass is 293 g/mol. The van der Waals surface area contributed by atoms with Crippen molar-refractivity contribution in [2.45, 2.75) is 19.8 Å². The molecule has 0 aliphatic rings. The van der Waals surface area contributed by atoms with Gasteiger partial charge in [0.05, 0.1) is 10.7 Å². The number of hydrogen-bond donors (Lipinski definition) is 1. The van der Waals surface area contributed by atoms with E-state index >= 15 is 0 Å². The fraction of sp³-hybridized carbons (Fsp3) is 0.250. The average molecular weight is 294 g/mol. The van der Waals surface area contributed by atoms with E-state index in [9.17, 15) is 0 Å². The van der Waals surface area contributed by atoms with Crippen molar-refractivity contribution in [1.29, 1.82) is 0 Å². The third kappa shape index (κ3) is 2.06. The first-order chi connectivity index (χ1) is 9.06. The normalized spacial score (nSPS) is 11.6. The lowest BCUT2D eigenvalue weighted by Crippen LogP contribution is -1.97. The van der Waals surface area contributed by atoms with Crippen LogP contribution < -0.4 is 5.73 Å². The third-order valence-electron chi connectivity index (χ3n) is 2.78. The van der Waals surface area contributed by atoms with Crippen LogP contribution in [0.2, 0.25) is 5.02 Å². The highest BCUT2D eigenvalue weighted by Gasteiger charge is 2.15. The number of nitrogen functional groups attached to an aromatic ring is 1. The molecule has 0 bridgehead atoms. The minimum atomic E-state index is 0.278. The molecule has 7 heteroatoms. The molecule has 1 aromatic carbocycles. The molecule has 2 aromatic heterocycles. The molecule has 3 aromatic rings. The Hall–Kier alpha value is -1.66. The van der Waals surface area contributed by atoms with Crippen LogP contribution in [0.5, 0.6) is 0 Å². The maximum atomic E-state index is 6.04. The zero-order valence-electron chi connectivity index (χ0n) is 10.5. The molecular formula is C12H12ClN5S. The Morgan fingerprint density at radius 1 is 1.32 bits per heavy atom. The summed E-state index contributed by atoms with van der Waals surface area (Å²) in [7, 11) is 0. The Kier molecular flexibility index (Phi) is 2.91. The number of benzene rings is 1. The Morgan fingerprint density at radius 2 is 2.11 bits per heavy atom. The van der Waals surface area contributed by atoms with Gasteiger partial charge >= 0.3 is 0 Å². The second-order valence-electron chi connectivity index (χ2n) is 4.55. The molecule has 0 atom stereocenters. The lowest BCUT2D eigenvalue weighted by atomic mass is 10.2. The average Bonchev–Trinajstić information content (AvgIpc) is 2.91. The van der Waals surface area contributed by atoms with E-state index in [0.717, 1.165) is 21.4 Å². The zero-order valence-corrected chi connectivity index (χ0v) is 12.0. The first-order valence-electron chi connectivity index (χ1n) is 5.84. The molecule has 0 saturated carbocycles. The van der Waals surface area contributed by atoms with E-state index in [1.54, 1.807) is 10.6 Å². The van der Waals surface area contributed by atoms with Gasteiger partial charge in [0.25, 0.3) is 0 Å². The number of nitrogens with zero attached hydrogens (tertiary/aromatic N) is 4. The summed E-state index contributed by atoms with van der Waals surface area (Å²) in [6.07, 6.45) is 0. The van der Waals surface area contributed by atoms with Gasteiger partial charge in [-0.1, -0.05) is 36.8 Å². The maximum absolute atomic E-state index is 6.04. The van der Waals surface area contributed by atoms with Crippen molar-refractivity contribution in [2.24, 2.45) is 0 Å². The van der Waals surface area contributed by atoms with Crippen molar-refractivity contribution in [3.63, 3.8) is 0 Å². The summed E-state index contributed by atoms with van der Waals surface area (Å²) in [4.78, 5) is 0.784. The van der Waals surface area contributed by atoms with Crippen molar-refractivity contribution in [1.82, 2.24) is 19.8 Å². The SMILES string of the molecule is CC(C)c1nnc2sc(-c3ccc(N)c(Cl)c3)nn12. The van der Waals surface area contributed by atoms with Crippen LogP contribution in [0, 0.1) is 0 Å². The molecule has 19 heavy (non-hydrogen) atoms. The Bertz CT molecular complexity index is 746. The van der Waals surface area contributed by atoms with Crippen molar-refractivity contribution in [2.75, 3.05) is 5.73 Å². The predicted octanol–water partition coefficient (Wildman–Crippen LogP) is 3.21. The largest absolute Gasteiger partial charge is 0.398 e. The second-order valence-corrected chi connectivity index (χ2v) is 5.91. The van der Waals surface area contributed by atoms with Crippen molar-refractivity contribution >= 4 is 33.6 Å². The van der Waals surface area contributed by atoms with E-state index in [-0.39, 0.29) is 5.92 Å². The number of aromatic nitrogens is 4. The second kappa shape index (κ2) is 4.47. The van der Waals surface area contributed by atoms with Gasteiger partial charge in [-0.25, -0.2) is 0 Å². The minimum Gasteiger partial charge on any atom is -0.398 e. The fourth-order valence-corrected chi connectivity index (χ4v) is 2.79. The Morgan fingerprint density at radius 3 is 2.79 bits per heavy atom. The molecule has 0 aliphatic heterocycles. The van der Waals surface area contributed by atoms with Gasteiger partial charge in [-0.05, 0) is 18.2 Å². The van der Waals surface area contributed by atoms with Crippen LogP contribution >= 0.6 is 22.9 Å². The van der Waals surface area contributed by atoms with Gasteiger partial charge in [-0.3, -0.25) is 0 Å². The number of hydrogen-bond acceptors (Lipinski definition) is 5. The third-order valence-corrected chi connectivity index (χ3v) is 4.05. The van der Waals surface area contributed by atoms with Crippen LogP contribution in [0.25, 0.3) is 15.5 Å². The van der Waals surface area contributed by atoms with Crippen LogP contribution in [-0.2, 0) is 0 Å². The van der Waals surface area contributed by atoms with E-state index in [0.29, 0.717) is 10.7 Å². The zero-order chi connectivity index (χ0) is 13.6. The van der Waals surface area contributed by atoms with E-state index in [1.807, 2.05) is 12.1 Å². The van der Waals surface area contributed by atoms with Gasteiger partial charge < -0.3 is 5.73 Å². The van der Waals surface area contributed by atoms with Gasteiger partial charge in [0.1, 0.15) is 5.01 Å². The molecule has 2 heterocycles. The summed E-state index contributed by atoms with van der Waals surface area (Å²) >= 11 is 7.52. The topological polar surface area (TPSA) is 69.1 Å². The van der Waals surface area contributed by atoms with Crippen LogP contribution in [0.1, 0.15) is 25.6 Å². The molecule has 0 aliphatic carbocycles. The van der Waals surface area contributed by atoms with Crippen LogP contribution in [0.4, 0.5) is 5.69 Å². The highest BCUT2D eigenvalue weighted by atomic mass is 35.5. The summed E-state index contributed by atoms with van der Waals surface area (Å²) in [5.41, 5.74) is 7.21. The highest BCUT2D eigenvalue weighted by molar-refractivity contribution is 7.19. The minimum absolute atomic E-state index is 0.278. The number of rotatable bonds is 2. The van der Waals surface area contributed by atoms with Gasteiger partial charge in [0, 0.05) is 11.5 Å². The van der Waals surface area contributed by atoms with Crippen LogP contribution in [0.3, 0.4) is 0 Å². The molecule has 5 nitrogen and oxygen atoms in total. The lowest BCUT2D eigenvalue weighted by molar-refractivity contribution is 0.727. The Balaban J connectivity index is 2.12. The van der Waals surface area contributed by atoms with E-state index in [1.165, 1.54) is 11.3 Å². The molecule has 3 rings (SSSR count). The van der Waals surface area contributed by atoms with Gasteiger partial charge in [0.2, 0.25) is 4.96 Å². The summed E-state index contributed by atoms with van der Waals surface area (Å²) in [6, 6.07) is 5.50. The lowest BCUT2D eigenvalue weighted by Gasteiger charge is -2.00. The van der Waals surface area contributed by atoms with E-state index < -0.39 is 0 Å². The van der Waals surface area contributed by atoms with E-state index in [4.69, 9.17) is 17.3 Å². The summed E-state index contributed by atoms with van der Waals surface area (Å²) in [6.45, 7) is 4.13. The molecule has 0 amide bonds. The smallest absolute Gasteiger partial charge is 0.234 e. The first-order valence-corrected chi connectivity index (χ1v) is 7.03. The summed E-state index contributed by atoms with van der Waals surface area (Å²) in [5.74, 6) is 1.14. The van der Waals surface area contributed by atoms with Crippen molar-refractivity contribution in [3.8, 4) is 10.6 Å². The number of anilines is 1. The molecule has 0 unspecified atom stereocenters. The van der Waals surface area contributed by atoms with Gasteiger partial charge in [-0.15, -0.1) is 10.2 Å². The number of halogens is 1. The van der Waals surface area contributed by atoms with Crippen molar-refractivity contribution in [3.05, 3.63) is 29.0 Å². The van der Waals surface area contributed by atoms with Crippen LogP contribution in [0.15, 0.2) is 18.2 Å². The number of fused-ring (bicyclic) bond motifs is 1. The molecule has 0 radical (unpaired) electrons. The van der Waals surface area contributed by atoms with Gasteiger partial charge in [0.15, 0.2) is 5.82 Å². The molecule has 2 N–H and O–H groups in total. The summed E-state index contributed by atoms with van der Waals surface area (Å²) in [5, 5.41) is 14.2. The quantitative estimate of drug-likeness (QED) is 0.737. The Labute approximate surface area is 119 Å².